The molecule has 0 radical (unpaired) electrons. The highest BCUT2D eigenvalue weighted by Crippen LogP contribution is 2.17. The molecule has 0 fully saturated rings. The van der Waals surface area contributed by atoms with Crippen LogP contribution < -0.4 is 14.8 Å². The normalized spacial score (nSPS) is 13.0. The summed E-state index contributed by atoms with van der Waals surface area (Å²) < 4.78 is 11.4. The molecule has 0 bridgehead atoms. The Morgan fingerprint density at radius 1 is 1.10 bits per heavy atom. The minimum Gasteiger partial charge on any atom is -0.491 e. The fourth-order valence-corrected chi connectivity index (χ4v) is 2.47. The van der Waals surface area contributed by atoms with E-state index in [1.54, 1.807) is 12.1 Å². The van der Waals surface area contributed by atoms with Gasteiger partial charge in [-0.05, 0) is 58.7 Å². The molecule has 0 aliphatic carbocycles. The Bertz CT molecular complexity index is 794. The number of aliphatic hydroxyl groups excluding tert-OH is 1. The van der Waals surface area contributed by atoms with E-state index in [1.165, 1.54) is 0 Å². The number of rotatable bonds is 12. The molecular weight excluding hydrogens is 382 g/mol. The van der Waals surface area contributed by atoms with Gasteiger partial charge in [0.15, 0.2) is 5.82 Å². The minimum atomic E-state index is -0.608. The summed E-state index contributed by atoms with van der Waals surface area (Å²) in [5.41, 5.74) is 0.830. The summed E-state index contributed by atoms with van der Waals surface area (Å²) in [6.45, 7) is 11.1. The second kappa shape index (κ2) is 11.6. The maximum atomic E-state index is 10.2. The van der Waals surface area contributed by atoms with E-state index in [4.69, 9.17) is 9.47 Å². The highest BCUT2D eigenvalue weighted by atomic mass is 16.5. The van der Waals surface area contributed by atoms with E-state index in [9.17, 15) is 5.11 Å². The topological polar surface area (TPSA) is 101 Å². The van der Waals surface area contributed by atoms with E-state index in [-0.39, 0.29) is 18.2 Å². The molecule has 0 amide bonds. The lowest BCUT2D eigenvalue weighted by molar-refractivity contribution is 0.0961. The number of benzene rings is 1. The van der Waals surface area contributed by atoms with Crippen LogP contribution in [0.3, 0.4) is 0 Å². The summed E-state index contributed by atoms with van der Waals surface area (Å²) >= 11 is 0. The van der Waals surface area contributed by atoms with Crippen molar-refractivity contribution < 1.29 is 14.6 Å². The van der Waals surface area contributed by atoms with Gasteiger partial charge in [0.05, 0.1) is 12.6 Å². The Morgan fingerprint density at radius 2 is 1.87 bits per heavy atom. The summed E-state index contributed by atoms with van der Waals surface area (Å²) in [4.78, 5) is 0. The molecule has 0 spiro atoms. The summed E-state index contributed by atoms with van der Waals surface area (Å²) in [7, 11) is 0. The molecule has 0 saturated carbocycles. The Hall–Kier alpha value is -2.58. The quantitative estimate of drug-likeness (QED) is 0.511. The van der Waals surface area contributed by atoms with Gasteiger partial charge in [-0.15, -0.1) is 15.3 Å². The van der Waals surface area contributed by atoms with E-state index in [0.29, 0.717) is 24.8 Å². The Kier molecular flexibility index (Phi) is 9.14. The maximum Gasteiger partial charge on any atom is 0.233 e. The van der Waals surface area contributed by atoms with Crippen molar-refractivity contribution in [3.63, 3.8) is 0 Å². The molecule has 8 heteroatoms. The molecule has 2 rings (SSSR count). The molecule has 1 aromatic heterocycles. The fraction of sp³-hybridized carbons (Fsp3) is 0.545. The van der Waals surface area contributed by atoms with Crippen molar-refractivity contribution in [3.05, 3.63) is 42.0 Å². The van der Waals surface area contributed by atoms with E-state index in [1.807, 2.05) is 45.0 Å². The van der Waals surface area contributed by atoms with Crippen LogP contribution in [0, 0.1) is 6.92 Å². The molecule has 0 saturated heterocycles. The number of aliphatic hydroxyl groups is 1. The highest BCUT2D eigenvalue weighted by Gasteiger charge is 2.19. The standard InChI is InChI=1S/C22H33N5O3/c1-16(2)24-25-20-10-11-21(27-26-20)29-13-12-22(4,5)23-14-18(28)15-30-19-9-7-6-8-17(19)3/h6-11,16,18,23,28H,12-15H2,1-5H3. The second-order valence-corrected chi connectivity index (χ2v) is 8.13. The average molecular weight is 416 g/mol. The van der Waals surface area contributed by atoms with Crippen LogP contribution in [0.1, 0.15) is 39.7 Å². The summed E-state index contributed by atoms with van der Waals surface area (Å²) in [6, 6.07) is 11.3. The van der Waals surface area contributed by atoms with Crippen LogP contribution in [0.4, 0.5) is 5.82 Å². The van der Waals surface area contributed by atoms with Crippen LogP contribution in [-0.2, 0) is 0 Å². The Balaban J connectivity index is 1.69. The van der Waals surface area contributed by atoms with Crippen molar-refractivity contribution in [3.8, 4) is 11.6 Å². The smallest absolute Gasteiger partial charge is 0.233 e. The number of hydrogen-bond donors (Lipinski definition) is 2. The van der Waals surface area contributed by atoms with Crippen LogP contribution in [0.15, 0.2) is 46.6 Å². The number of β-amino-alcohol motifs (C(OH)–C–C–N with tert-alkyl or cyclic N) is 1. The number of azo groups is 1. The third-order valence-electron chi connectivity index (χ3n) is 4.34. The fourth-order valence-electron chi connectivity index (χ4n) is 2.47. The van der Waals surface area contributed by atoms with Crippen LogP contribution in [0.2, 0.25) is 0 Å². The van der Waals surface area contributed by atoms with Crippen LogP contribution in [-0.4, -0.2) is 52.7 Å². The number of hydrogen-bond acceptors (Lipinski definition) is 8. The molecule has 1 heterocycles. The van der Waals surface area contributed by atoms with E-state index in [2.05, 4.69) is 39.6 Å². The number of aromatic nitrogens is 2. The summed E-state index contributed by atoms with van der Waals surface area (Å²) in [6.07, 6.45) is 0.123. The molecule has 2 N–H and O–H groups in total. The summed E-state index contributed by atoms with van der Waals surface area (Å²) in [5.74, 6) is 1.70. The number of nitrogens with one attached hydrogen (secondary N) is 1. The van der Waals surface area contributed by atoms with Gasteiger partial charge < -0.3 is 19.9 Å². The third-order valence-corrected chi connectivity index (χ3v) is 4.34. The number of nitrogens with zero attached hydrogens (tertiary/aromatic N) is 4. The van der Waals surface area contributed by atoms with Gasteiger partial charge in [-0.1, -0.05) is 18.2 Å². The molecule has 1 atom stereocenters. The Morgan fingerprint density at radius 3 is 2.53 bits per heavy atom. The molecule has 0 aliphatic heterocycles. The van der Waals surface area contributed by atoms with Crippen molar-refractivity contribution in [2.24, 2.45) is 10.2 Å². The first-order valence-electron chi connectivity index (χ1n) is 10.2. The van der Waals surface area contributed by atoms with Crippen molar-refractivity contribution in [2.75, 3.05) is 19.8 Å². The lowest BCUT2D eigenvalue weighted by Crippen LogP contribution is -2.45. The SMILES string of the molecule is Cc1ccccc1OCC(O)CNC(C)(C)CCOc1ccc(N=NC(C)C)nn1. The van der Waals surface area contributed by atoms with Crippen LogP contribution in [0.25, 0.3) is 0 Å². The number of aryl methyl sites for hydroxylation is 1. The zero-order valence-electron chi connectivity index (χ0n) is 18.5. The average Bonchev–Trinajstić information content (AvgIpc) is 2.71. The maximum absolute atomic E-state index is 10.2. The lowest BCUT2D eigenvalue weighted by Gasteiger charge is -2.27. The van der Waals surface area contributed by atoms with Gasteiger partial charge in [0, 0.05) is 18.2 Å². The molecule has 164 valence electrons. The van der Waals surface area contributed by atoms with E-state index < -0.39 is 6.10 Å². The molecule has 1 aromatic carbocycles. The van der Waals surface area contributed by atoms with Crippen molar-refractivity contribution in [1.29, 1.82) is 0 Å². The third kappa shape index (κ3) is 8.84. The van der Waals surface area contributed by atoms with E-state index >= 15 is 0 Å². The van der Waals surface area contributed by atoms with Crippen LogP contribution >= 0.6 is 0 Å². The first-order valence-corrected chi connectivity index (χ1v) is 10.2. The summed E-state index contributed by atoms with van der Waals surface area (Å²) in [5, 5.41) is 29.6. The van der Waals surface area contributed by atoms with Crippen molar-refractivity contribution in [2.45, 2.75) is 58.7 Å². The number of ether oxygens (including phenoxy) is 2. The molecule has 0 aliphatic rings. The molecule has 2 aromatic rings. The van der Waals surface area contributed by atoms with Gasteiger partial charge in [0.2, 0.25) is 5.88 Å². The van der Waals surface area contributed by atoms with Crippen LogP contribution in [0.5, 0.6) is 11.6 Å². The number of para-hydroxylation sites is 1. The van der Waals surface area contributed by atoms with Gasteiger partial charge in [-0.2, -0.15) is 5.11 Å². The van der Waals surface area contributed by atoms with Gasteiger partial charge in [-0.3, -0.25) is 0 Å². The Labute approximate surface area is 178 Å². The van der Waals surface area contributed by atoms with Crippen molar-refractivity contribution >= 4 is 5.82 Å². The monoisotopic (exact) mass is 415 g/mol. The second-order valence-electron chi connectivity index (χ2n) is 8.13. The van der Waals surface area contributed by atoms with Gasteiger partial charge in [-0.25, -0.2) is 0 Å². The first kappa shape index (κ1) is 23.7. The van der Waals surface area contributed by atoms with Crippen molar-refractivity contribution in [1.82, 2.24) is 15.5 Å². The lowest BCUT2D eigenvalue weighted by atomic mass is 10.0. The molecular formula is C22H33N5O3. The minimum absolute atomic E-state index is 0.116. The first-order chi connectivity index (χ1) is 14.2. The molecule has 8 nitrogen and oxygen atoms in total. The predicted molar refractivity (Wildman–Crippen MR) is 117 cm³/mol. The molecule has 30 heavy (non-hydrogen) atoms. The van der Waals surface area contributed by atoms with Gasteiger partial charge in [0.1, 0.15) is 18.5 Å². The zero-order chi connectivity index (χ0) is 22.0. The van der Waals surface area contributed by atoms with Gasteiger partial charge >= 0.3 is 0 Å². The molecule has 1 unspecified atom stereocenters. The van der Waals surface area contributed by atoms with Gasteiger partial charge in [0.25, 0.3) is 0 Å². The highest BCUT2D eigenvalue weighted by molar-refractivity contribution is 5.31. The predicted octanol–water partition coefficient (Wildman–Crippen LogP) is 3.85. The largest absolute Gasteiger partial charge is 0.491 e. The zero-order valence-corrected chi connectivity index (χ0v) is 18.5. The van der Waals surface area contributed by atoms with E-state index in [0.717, 1.165) is 17.7 Å².